The Kier molecular flexibility index (Phi) is 5.17. The summed E-state index contributed by atoms with van der Waals surface area (Å²) in [6, 6.07) is 23.7. The van der Waals surface area contributed by atoms with Crippen molar-refractivity contribution < 1.29 is 4.79 Å². The van der Waals surface area contributed by atoms with Gasteiger partial charge in [-0.15, -0.1) is 0 Å². The Morgan fingerprint density at radius 2 is 1.70 bits per heavy atom. The third kappa shape index (κ3) is 3.65. The Balaban J connectivity index is 1.76. The Morgan fingerprint density at radius 1 is 0.970 bits per heavy atom. The minimum Gasteiger partial charge on any atom is -0.321 e. The Labute approximate surface area is 192 Å². The van der Waals surface area contributed by atoms with E-state index in [2.05, 4.69) is 11.1 Å². The van der Waals surface area contributed by atoms with E-state index in [9.17, 15) is 9.59 Å². The third-order valence-electron chi connectivity index (χ3n) is 6.30. The second-order valence-corrected chi connectivity index (χ2v) is 8.61. The number of pyridine rings is 1. The molecule has 33 heavy (non-hydrogen) atoms. The molecule has 5 heteroatoms. The number of rotatable bonds is 3. The number of aryl methyl sites for hydroxylation is 2. The van der Waals surface area contributed by atoms with Crippen LogP contribution in [0.4, 0.5) is 0 Å². The average Bonchev–Trinajstić information content (AvgIpc) is 3.24. The molecule has 1 amide bonds. The number of nitrogens with one attached hydrogen (secondary N) is 1. The zero-order valence-electron chi connectivity index (χ0n) is 18.9. The average molecular weight is 436 g/mol. The summed E-state index contributed by atoms with van der Waals surface area (Å²) in [5.74, 6) is -0.146. The predicted octanol–water partition coefficient (Wildman–Crippen LogP) is 5.51. The highest BCUT2D eigenvalue weighted by Gasteiger charge is 2.34. The molecule has 0 aliphatic carbocycles. The maximum Gasteiger partial charge on any atom is 0.258 e. The minimum absolute atomic E-state index is 0.146. The molecule has 5 nitrogen and oxygen atoms in total. The zero-order valence-corrected chi connectivity index (χ0v) is 18.9. The Morgan fingerprint density at radius 3 is 2.42 bits per heavy atom. The van der Waals surface area contributed by atoms with Crippen LogP contribution in [0.2, 0.25) is 0 Å². The maximum absolute atomic E-state index is 13.4. The standard InChI is InChI=1S/C28H25N3O2/c1-17-13-14-23-22(15-17)26(20-10-5-4-6-11-20)27(28(33)29-23)24-16-25(31(30-24)19(3)32)21-12-8-7-9-18(21)2/h4-15,25H,16H2,1-3H3,(H,29,33)/t25-/m0/s1. The van der Waals surface area contributed by atoms with Crippen molar-refractivity contribution in [1.82, 2.24) is 9.99 Å². The number of benzene rings is 3. The molecular formula is C28H25N3O2. The highest BCUT2D eigenvalue weighted by atomic mass is 16.2. The van der Waals surface area contributed by atoms with Crippen molar-refractivity contribution in [2.24, 2.45) is 5.10 Å². The lowest BCUT2D eigenvalue weighted by Gasteiger charge is -2.22. The van der Waals surface area contributed by atoms with E-state index >= 15 is 0 Å². The first-order chi connectivity index (χ1) is 15.9. The topological polar surface area (TPSA) is 65.5 Å². The molecule has 3 aromatic carbocycles. The number of carbonyl (C=O) groups excluding carboxylic acids is 1. The molecule has 0 radical (unpaired) electrons. The molecule has 0 spiro atoms. The Hall–Kier alpha value is -3.99. The summed E-state index contributed by atoms with van der Waals surface area (Å²) in [5, 5.41) is 7.20. The van der Waals surface area contributed by atoms with Crippen molar-refractivity contribution in [3.8, 4) is 11.1 Å². The van der Waals surface area contributed by atoms with Crippen LogP contribution in [0.1, 0.15) is 41.6 Å². The first kappa shape index (κ1) is 20.9. The van der Waals surface area contributed by atoms with Crippen molar-refractivity contribution in [3.05, 3.63) is 105 Å². The number of hydrogen-bond donors (Lipinski definition) is 1. The van der Waals surface area contributed by atoms with Gasteiger partial charge in [0.05, 0.1) is 17.3 Å². The molecule has 0 bridgehead atoms. The number of carbonyl (C=O) groups is 1. The number of fused-ring (bicyclic) bond motifs is 1. The lowest BCUT2D eigenvalue weighted by molar-refractivity contribution is -0.130. The summed E-state index contributed by atoms with van der Waals surface area (Å²) in [7, 11) is 0. The summed E-state index contributed by atoms with van der Waals surface area (Å²) in [5.41, 5.74) is 6.79. The van der Waals surface area contributed by atoms with Gasteiger partial charge in [-0.25, -0.2) is 5.01 Å². The summed E-state index contributed by atoms with van der Waals surface area (Å²) in [6.45, 7) is 5.59. The number of hydrazone groups is 1. The molecule has 0 saturated carbocycles. The molecule has 1 N–H and O–H groups in total. The van der Waals surface area contributed by atoms with Crippen LogP contribution in [0.15, 0.2) is 82.7 Å². The van der Waals surface area contributed by atoms with Gasteiger partial charge in [-0.1, -0.05) is 66.2 Å². The minimum atomic E-state index is -0.241. The lowest BCUT2D eigenvalue weighted by Crippen LogP contribution is -2.24. The summed E-state index contributed by atoms with van der Waals surface area (Å²) in [4.78, 5) is 29.0. The van der Waals surface area contributed by atoms with Crippen molar-refractivity contribution in [2.75, 3.05) is 0 Å². The van der Waals surface area contributed by atoms with Crippen LogP contribution in [-0.2, 0) is 4.79 Å². The summed E-state index contributed by atoms with van der Waals surface area (Å²) < 4.78 is 0. The Bertz CT molecular complexity index is 1470. The third-order valence-corrected chi connectivity index (χ3v) is 6.30. The highest BCUT2D eigenvalue weighted by molar-refractivity contribution is 6.12. The van der Waals surface area contributed by atoms with E-state index in [0.717, 1.165) is 38.7 Å². The van der Waals surface area contributed by atoms with E-state index in [1.165, 1.54) is 11.9 Å². The van der Waals surface area contributed by atoms with Gasteiger partial charge in [0.25, 0.3) is 5.56 Å². The van der Waals surface area contributed by atoms with Crippen LogP contribution in [0.25, 0.3) is 22.0 Å². The molecule has 2 heterocycles. The highest BCUT2D eigenvalue weighted by Crippen LogP contribution is 2.37. The van der Waals surface area contributed by atoms with Crippen molar-refractivity contribution in [3.63, 3.8) is 0 Å². The number of aromatic amines is 1. The largest absolute Gasteiger partial charge is 0.321 e. The number of H-pyrrole nitrogens is 1. The van der Waals surface area contributed by atoms with Gasteiger partial charge in [0.1, 0.15) is 0 Å². The van der Waals surface area contributed by atoms with Gasteiger partial charge >= 0.3 is 0 Å². The fourth-order valence-electron chi connectivity index (χ4n) is 4.74. The molecule has 0 unspecified atom stereocenters. The fourth-order valence-corrected chi connectivity index (χ4v) is 4.74. The van der Waals surface area contributed by atoms with E-state index in [4.69, 9.17) is 5.10 Å². The quantitative estimate of drug-likeness (QED) is 0.461. The monoisotopic (exact) mass is 435 g/mol. The van der Waals surface area contributed by atoms with E-state index in [-0.39, 0.29) is 17.5 Å². The van der Waals surface area contributed by atoms with Gasteiger partial charge in [0, 0.05) is 29.8 Å². The molecule has 4 aromatic rings. The zero-order chi connectivity index (χ0) is 23.1. The van der Waals surface area contributed by atoms with Crippen LogP contribution < -0.4 is 5.56 Å². The number of amides is 1. The van der Waals surface area contributed by atoms with Crippen LogP contribution in [0, 0.1) is 13.8 Å². The smallest absolute Gasteiger partial charge is 0.258 e. The molecule has 1 aliphatic rings. The lowest BCUT2D eigenvalue weighted by atomic mass is 9.90. The van der Waals surface area contributed by atoms with Gasteiger partial charge in [-0.05, 0) is 42.7 Å². The van der Waals surface area contributed by atoms with Gasteiger partial charge in [-0.3, -0.25) is 9.59 Å². The van der Waals surface area contributed by atoms with E-state index in [1.807, 2.05) is 80.6 Å². The van der Waals surface area contributed by atoms with E-state index in [0.29, 0.717) is 17.7 Å². The summed E-state index contributed by atoms with van der Waals surface area (Å²) in [6.07, 6.45) is 0.477. The second kappa shape index (κ2) is 8.17. The first-order valence-corrected chi connectivity index (χ1v) is 11.1. The van der Waals surface area contributed by atoms with Gasteiger partial charge in [0.2, 0.25) is 5.91 Å². The molecule has 164 valence electrons. The normalized spacial score (nSPS) is 15.7. The maximum atomic E-state index is 13.4. The van der Waals surface area contributed by atoms with Crippen LogP contribution in [-0.4, -0.2) is 21.6 Å². The number of nitrogens with zero attached hydrogens (tertiary/aromatic N) is 2. The molecule has 1 atom stereocenters. The summed E-state index contributed by atoms with van der Waals surface area (Å²) >= 11 is 0. The SMILES string of the molecule is CC(=O)N1N=C(c2c(-c3ccccc3)c3cc(C)ccc3[nH]c2=O)C[C@H]1c1ccccc1C. The van der Waals surface area contributed by atoms with E-state index in [1.54, 1.807) is 0 Å². The molecular weight excluding hydrogens is 410 g/mol. The van der Waals surface area contributed by atoms with Crippen LogP contribution in [0.5, 0.6) is 0 Å². The van der Waals surface area contributed by atoms with Gasteiger partial charge in [-0.2, -0.15) is 5.10 Å². The fraction of sp³-hybridized carbons (Fsp3) is 0.179. The number of aromatic nitrogens is 1. The second-order valence-electron chi connectivity index (χ2n) is 8.61. The predicted molar refractivity (Wildman–Crippen MR) is 132 cm³/mol. The van der Waals surface area contributed by atoms with Crippen molar-refractivity contribution in [1.29, 1.82) is 0 Å². The van der Waals surface area contributed by atoms with Crippen LogP contribution >= 0.6 is 0 Å². The van der Waals surface area contributed by atoms with Gasteiger partial charge in [0.15, 0.2) is 0 Å². The molecule has 0 saturated heterocycles. The number of hydrogen-bond acceptors (Lipinski definition) is 3. The molecule has 1 aromatic heterocycles. The van der Waals surface area contributed by atoms with Gasteiger partial charge < -0.3 is 4.98 Å². The first-order valence-electron chi connectivity index (χ1n) is 11.1. The van der Waals surface area contributed by atoms with E-state index < -0.39 is 0 Å². The molecule has 0 fully saturated rings. The molecule has 5 rings (SSSR count). The van der Waals surface area contributed by atoms with Crippen LogP contribution in [0.3, 0.4) is 0 Å². The van der Waals surface area contributed by atoms with Crippen molar-refractivity contribution >= 4 is 22.5 Å². The molecule has 1 aliphatic heterocycles. The van der Waals surface area contributed by atoms with Crippen molar-refractivity contribution in [2.45, 2.75) is 33.2 Å².